The van der Waals surface area contributed by atoms with Crippen molar-refractivity contribution in [3.8, 4) is 0 Å². The molecule has 0 bridgehead atoms. The summed E-state index contributed by atoms with van der Waals surface area (Å²) >= 11 is 0. The Balaban J connectivity index is 3.72. The van der Waals surface area contributed by atoms with Gasteiger partial charge in [-0.2, -0.15) is 4.39 Å². The van der Waals surface area contributed by atoms with Crippen molar-refractivity contribution in [3.63, 3.8) is 0 Å². The van der Waals surface area contributed by atoms with Gasteiger partial charge >= 0.3 is 0 Å². The van der Waals surface area contributed by atoms with Gasteiger partial charge in [-0.3, -0.25) is 4.99 Å². The topological polar surface area (TPSA) is 12.4 Å². The van der Waals surface area contributed by atoms with E-state index in [1.807, 2.05) is 0 Å². The van der Waals surface area contributed by atoms with Gasteiger partial charge in [0, 0.05) is 0 Å². The van der Waals surface area contributed by atoms with Crippen LogP contribution in [0.25, 0.3) is 0 Å². The Hall–Kier alpha value is -0.540. The van der Waals surface area contributed by atoms with Gasteiger partial charge in [0.05, 0.1) is 0 Å². The maximum Gasteiger partial charge on any atom is 0.260 e. The van der Waals surface area contributed by atoms with E-state index in [9.17, 15) is 13.2 Å². The molecule has 0 amide bonds. The third kappa shape index (κ3) is 3.48. The summed E-state index contributed by atoms with van der Waals surface area (Å²) in [4.78, 5) is 2.97. The molecule has 0 radical (unpaired) electrons. The van der Waals surface area contributed by atoms with Crippen molar-refractivity contribution >= 4 is 6.47 Å². The predicted molar refractivity (Wildman–Crippen MR) is 34.3 cm³/mol. The first-order chi connectivity index (χ1) is 4.72. The SMILES string of the molecule is CCCC(/N=C\F)C(F)F. The molecule has 0 aromatic rings. The van der Waals surface area contributed by atoms with Gasteiger partial charge in [-0.05, 0) is 6.42 Å². The second-order valence-electron chi connectivity index (χ2n) is 1.94. The highest BCUT2D eigenvalue weighted by atomic mass is 19.3. The number of hydrogen-bond acceptors (Lipinski definition) is 1. The molecule has 0 aromatic heterocycles. The lowest BCUT2D eigenvalue weighted by molar-refractivity contribution is 0.112. The van der Waals surface area contributed by atoms with Crippen molar-refractivity contribution in [3.05, 3.63) is 0 Å². The average Bonchev–Trinajstić information content (AvgIpc) is 1.87. The molecule has 0 N–H and O–H groups in total. The van der Waals surface area contributed by atoms with Crippen LogP contribution in [0.2, 0.25) is 0 Å². The van der Waals surface area contributed by atoms with Gasteiger partial charge in [-0.1, -0.05) is 13.3 Å². The highest BCUT2D eigenvalue weighted by Crippen LogP contribution is 2.10. The molecule has 0 aliphatic heterocycles. The summed E-state index contributed by atoms with van der Waals surface area (Å²) in [6.45, 7) is 1.69. The van der Waals surface area contributed by atoms with Gasteiger partial charge in [-0.25, -0.2) is 8.78 Å². The van der Waals surface area contributed by atoms with Crippen molar-refractivity contribution in [2.75, 3.05) is 0 Å². The Kier molecular flexibility index (Phi) is 4.98. The zero-order valence-corrected chi connectivity index (χ0v) is 5.73. The molecule has 1 atom stereocenters. The highest BCUT2D eigenvalue weighted by Gasteiger charge is 2.16. The van der Waals surface area contributed by atoms with Crippen LogP contribution in [0.5, 0.6) is 0 Å². The maximum absolute atomic E-state index is 11.8. The van der Waals surface area contributed by atoms with Crippen LogP contribution in [-0.4, -0.2) is 18.9 Å². The van der Waals surface area contributed by atoms with E-state index >= 15 is 0 Å². The number of nitrogens with zero attached hydrogens (tertiary/aromatic N) is 1. The minimum absolute atomic E-state index is 0.0630. The van der Waals surface area contributed by atoms with E-state index < -0.39 is 12.5 Å². The number of halogens is 3. The summed E-state index contributed by atoms with van der Waals surface area (Å²) in [5.74, 6) is 0. The number of rotatable bonds is 4. The normalized spacial score (nSPS) is 14.9. The number of alkyl halides is 2. The third-order valence-electron chi connectivity index (χ3n) is 1.12. The van der Waals surface area contributed by atoms with Gasteiger partial charge < -0.3 is 0 Å². The molecule has 0 heterocycles. The van der Waals surface area contributed by atoms with Crippen LogP contribution < -0.4 is 0 Å². The summed E-state index contributed by atoms with van der Waals surface area (Å²) in [6.07, 6.45) is -1.73. The second-order valence-corrected chi connectivity index (χ2v) is 1.94. The first kappa shape index (κ1) is 9.46. The monoisotopic (exact) mass is 153 g/mol. The maximum atomic E-state index is 11.8. The molecule has 0 rings (SSSR count). The van der Waals surface area contributed by atoms with E-state index in [4.69, 9.17) is 0 Å². The molecule has 0 saturated carbocycles. The first-order valence-corrected chi connectivity index (χ1v) is 3.12. The van der Waals surface area contributed by atoms with E-state index in [0.29, 0.717) is 6.42 Å². The summed E-state index contributed by atoms with van der Waals surface area (Å²) in [5, 5.41) is 0. The minimum Gasteiger partial charge on any atom is -0.255 e. The van der Waals surface area contributed by atoms with Gasteiger partial charge in [0.15, 0.2) is 6.47 Å². The Labute approximate surface area is 58.0 Å². The fourth-order valence-electron chi connectivity index (χ4n) is 0.634. The minimum atomic E-state index is -2.55. The van der Waals surface area contributed by atoms with Crippen molar-refractivity contribution < 1.29 is 13.2 Å². The van der Waals surface area contributed by atoms with Crippen LogP contribution in [0.1, 0.15) is 19.8 Å². The highest BCUT2D eigenvalue weighted by molar-refractivity contribution is 5.44. The smallest absolute Gasteiger partial charge is 0.255 e. The lowest BCUT2D eigenvalue weighted by Gasteiger charge is -2.07. The molecule has 0 aromatic carbocycles. The molecule has 10 heavy (non-hydrogen) atoms. The van der Waals surface area contributed by atoms with E-state index in [2.05, 4.69) is 4.99 Å². The molecule has 0 fully saturated rings. The molecule has 60 valence electrons. The molecule has 0 aliphatic rings. The zero-order chi connectivity index (χ0) is 7.98. The molecule has 0 aliphatic carbocycles. The quantitative estimate of drug-likeness (QED) is 0.550. The third-order valence-corrected chi connectivity index (χ3v) is 1.12. The van der Waals surface area contributed by atoms with Crippen LogP contribution in [0.3, 0.4) is 0 Å². The van der Waals surface area contributed by atoms with Crippen LogP contribution in [-0.2, 0) is 0 Å². The van der Waals surface area contributed by atoms with Crippen molar-refractivity contribution in [1.82, 2.24) is 0 Å². The summed E-state index contributed by atoms with van der Waals surface area (Å²) in [5.41, 5.74) is 0. The molecule has 0 spiro atoms. The first-order valence-electron chi connectivity index (χ1n) is 3.12. The molecule has 4 heteroatoms. The van der Waals surface area contributed by atoms with Crippen LogP contribution in [0.15, 0.2) is 4.99 Å². The zero-order valence-electron chi connectivity index (χ0n) is 5.73. The Bertz CT molecular complexity index is 103. The summed E-state index contributed by atoms with van der Waals surface area (Å²) in [6, 6.07) is -1.16. The van der Waals surface area contributed by atoms with E-state index in [0.717, 1.165) is 0 Å². The molecular weight excluding hydrogens is 143 g/mol. The Morgan fingerprint density at radius 2 is 2.10 bits per heavy atom. The van der Waals surface area contributed by atoms with Gasteiger partial charge in [0.1, 0.15) is 6.04 Å². The molecule has 1 nitrogen and oxygen atoms in total. The van der Waals surface area contributed by atoms with Gasteiger partial charge in [0.2, 0.25) is 0 Å². The fourth-order valence-corrected chi connectivity index (χ4v) is 0.634. The lowest BCUT2D eigenvalue weighted by Crippen LogP contribution is -2.14. The lowest BCUT2D eigenvalue weighted by atomic mass is 10.2. The van der Waals surface area contributed by atoms with Crippen molar-refractivity contribution in [2.24, 2.45) is 4.99 Å². The standard InChI is InChI=1S/C6H10F3N/c1-2-3-5(6(8)9)10-4-7/h4-6H,2-3H2,1H3/b10-4-. The van der Waals surface area contributed by atoms with Crippen LogP contribution in [0, 0.1) is 0 Å². The van der Waals surface area contributed by atoms with Crippen LogP contribution in [0.4, 0.5) is 13.2 Å². The van der Waals surface area contributed by atoms with Gasteiger partial charge in [0.25, 0.3) is 6.43 Å². The number of aliphatic imine (C=N–C) groups is 1. The van der Waals surface area contributed by atoms with Gasteiger partial charge in [-0.15, -0.1) is 0 Å². The van der Waals surface area contributed by atoms with Crippen LogP contribution >= 0.6 is 0 Å². The Morgan fingerprint density at radius 1 is 1.50 bits per heavy atom. The summed E-state index contributed by atoms with van der Waals surface area (Å²) in [7, 11) is 0. The van der Waals surface area contributed by atoms with E-state index in [1.54, 1.807) is 6.92 Å². The fraction of sp³-hybridized carbons (Fsp3) is 0.833. The number of hydrogen-bond donors (Lipinski definition) is 0. The summed E-state index contributed by atoms with van der Waals surface area (Å²) < 4.78 is 34.9. The van der Waals surface area contributed by atoms with E-state index in [-0.39, 0.29) is 12.9 Å². The van der Waals surface area contributed by atoms with E-state index in [1.165, 1.54) is 0 Å². The molecule has 0 saturated heterocycles. The van der Waals surface area contributed by atoms with Crippen molar-refractivity contribution in [2.45, 2.75) is 32.2 Å². The molecular formula is C6H10F3N. The predicted octanol–water partition coefficient (Wildman–Crippen LogP) is 2.42. The molecule has 1 unspecified atom stereocenters. The average molecular weight is 153 g/mol. The largest absolute Gasteiger partial charge is 0.260 e. The van der Waals surface area contributed by atoms with Crippen molar-refractivity contribution in [1.29, 1.82) is 0 Å². The Morgan fingerprint density at radius 3 is 2.40 bits per heavy atom. The second kappa shape index (κ2) is 5.26.